The zero-order valence-corrected chi connectivity index (χ0v) is 14.3. The van der Waals surface area contributed by atoms with Crippen LogP contribution < -0.4 is 0 Å². The number of carbonyl (C=O) groups excluding carboxylic acids is 1. The van der Waals surface area contributed by atoms with Crippen LogP contribution >= 0.6 is 0 Å². The van der Waals surface area contributed by atoms with Gasteiger partial charge in [0, 0.05) is 5.92 Å². The van der Waals surface area contributed by atoms with Crippen LogP contribution in [0.2, 0.25) is 0 Å². The quantitative estimate of drug-likeness (QED) is 0.605. The molecule has 0 radical (unpaired) electrons. The van der Waals surface area contributed by atoms with E-state index in [1.54, 1.807) is 6.92 Å². The Bertz CT molecular complexity index is 360. The lowest BCUT2D eigenvalue weighted by atomic mass is 9.83. The molecule has 0 saturated carbocycles. The highest BCUT2D eigenvalue weighted by Crippen LogP contribution is 2.24. The molecule has 5 heteroatoms. The molecule has 0 bridgehead atoms. The fourth-order valence-corrected chi connectivity index (χ4v) is 2.68. The molecule has 0 saturated heterocycles. The van der Waals surface area contributed by atoms with Crippen molar-refractivity contribution in [1.29, 1.82) is 0 Å². The van der Waals surface area contributed by atoms with Crippen LogP contribution in [-0.4, -0.2) is 59.7 Å². The summed E-state index contributed by atoms with van der Waals surface area (Å²) in [6.45, 7) is 6.15. The van der Waals surface area contributed by atoms with Crippen LogP contribution in [0.1, 0.15) is 46.5 Å². The van der Waals surface area contributed by atoms with E-state index in [0.29, 0.717) is 16.8 Å². The number of aliphatic hydroxyl groups is 1. The standard InChI is InChI=1S/C16H31NO4/c1-12(2)8-7-9-13(3)15(20)16(21,10-14(18)19)11-17(4,5)6/h12-13,21H,7-11H2,1-6H3/p+1. The first-order chi connectivity index (χ1) is 9.37. The van der Waals surface area contributed by atoms with Crippen LogP contribution in [0.3, 0.4) is 0 Å². The molecular weight excluding hydrogens is 270 g/mol. The Kier molecular flexibility index (Phi) is 7.54. The molecule has 0 aliphatic rings. The van der Waals surface area contributed by atoms with Gasteiger partial charge in [-0.1, -0.05) is 33.6 Å². The summed E-state index contributed by atoms with van der Waals surface area (Å²) in [5, 5.41) is 19.6. The molecule has 0 aliphatic carbocycles. The summed E-state index contributed by atoms with van der Waals surface area (Å²) in [7, 11) is 5.51. The van der Waals surface area contributed by atoms with E-state index in [1.165, 1.54) is 0 Å². The largest absolute Gasteiger partial charge is 0.481 e. The summed E-state index contributed by atoms with van der Waals surface area (Å²) in [6, 6.07) is 0. The molecule has 2 unspecified atom stereocenters. The molecule has 0 heterocycles. The molecule has 2 atom stereocenters. The van der Waals surface area contributed by atoms with Crippen molar-refractivity contribution in [1.82, 2.24) is 0 Å². The highest BCUT2D eigenvalue weighted by atomic mass is 16.4. The van der Waals surface area contributed by atoms with Crippen molar-refractivity contribution in [2.75, 3.05) is 27.7 Å². The van der Waals surface area contributed by atoms with E-state index in [4.69, 9.17) is 5.11 Å². The number of aliphatic carboxylic acids is 1. The fourth-order valence-electron chi connectivity index (χ4n) is 2.68. The number of ketones is 1. The Labute approximate surface area is 128 Å². The summed E-state index contributed by atoms with van der Waals surface area (Å²) in [5.41, 5.74) is -1.79. The van der Waals surface area contributed by atoms with Gasteiger partial charge in [-0.05, 0) is 12.3 Å². The minimum atomic E-state index is -1.79. The van der Waals surface area contributed by atoms with E-state index < -0.39 is 18.0 Å². The molecule has 2 N–H and O–H groups in total. The molecule has 124 valence electrons. The highest BCUT2D eigenvalue weighted by molar-refractivity contribution is 5.92. The second kappa shape index (κ2) is 7.90. The lowest BCUT2D eigenvalue weighted by Gasteiger charge is -2.35. The number of carbonyl (C=O) groups is 2. The smallest absolute Gasteiger partial charge is 0.306 e. The molecule has 0 aromatic carbocycles. The number of rotatable bonds is 10. The molecule has 21 heavy (non-hydrogen) atoms. The Balaban J connectivity index is 4.89. The number of hydrogen-bond donors (Lipinski definition) is 2. The molecule has 0 amide bonds. The number of likely N-dealkylation sites (N-methyl/N-ethyl adjacent to an activating group) is 1. The van der Waals surface area contributed by atoms with Crippen molar-refractivity contribution in [2.45, 2.75) is 52.1 Å². The number of carboxylic acid groups (broad SMARTS) is 1. The van der Waals surface area contributed by atoms with Gasteiger partial charge < -0.3 is 14.7 Å². The maximum absolute atomic E-state index is 12.5. The molecule has 0 aromatic rings. The van der Waals surface area contributed by atoms with Gasteiger partial charge in [-0.25, -0.2) is 0 Å². The third kappa shape index (κ3) is 8.17. The van der Waals surface area contributed by atoms with E-state index in [1.807, 2.05) is 21.1 Å². The van der Waals surface area contributed by atoms with Gasteiger partial charge in [0.1, 0.15) is 6.54 Å². The van der Waals surface area contributed by atoms with Crippen molar-refractivity contribution in [3.05, 3.63) is 0 Å². The van der Waals surface area contributed by atoms with E-state index in [0.717, 1.165) is 12.8 Å². The summed E-state index contributed by atoms with van der Waals surface area (Å²) in [5.74, 6) is -1.23. The number of Topliss-reactive ketones (excluding diaryl/α,β-unsaturated/α-hetero) is 1. The predicted octanol–water partition coefficient (Wildman–Crippen LogP) is 1.93. The number of hydrogen-bond acceptors (Lipinski definition) is 3. The third-order valence-corrected chi connectivity index (χ3v) is 3.50. The van der Waals surface area contributed by atoms with Crippen LogP contribution in [0.15, 0.2) is 0 Å². The molecule has 0 aromatic heterocycles. The summed E-state index contributed by atoms with van der Waals surface area (Å²) in [6.07, 6.45) is 2.11. The van der Waals surface area contributed by atoms with Gasteiger partial charge in [0.05, 0.1) is 27.6 Å². The summed E-state index contributed by atoms with van der Waals surface area (Å²) < 4.78 is 0.342. The third-order valence-electron chi connectivity index (χ3n) is 3.50. The maximum atomic E-state index is 12.5. The maximum Gasteiger partial charge on any atom is 0.306 e. The van der Waals surface area contributed by atoms with Crippen molar-refractivity contribution in [3.8, 4) is 0 Å². The van der Waals surface area contributed by atoms with E-state index in [9.17, 15) is 14.7 Å². The van der Waals surface area contributed by atoms with Crippen molar-refractivity contribution < 1.29 is 24.3 Å². The molecule has 5 nitrogen and oxygen atoms in total. The van der Waals surface area contributed by atoms with E-state index >= 15 is 0 Å². The van der Waals surface area contributed by atoms with Gasteiger partial charge in [-0.2, -0.15) is 0 Å². The Morgan fingerprint density at radius 2 is 1.62 bits per heavy atom. The first kappa shape index (κ1) is 20.1. The molecule has 0 spiro atoms. The minimum Gasteiger partial charge on any atom is -0.481 e. The van der Waals surface area contributed by atoms with Gasteiger partial charge in [0.25, 0.3) is 0 Å². The lowest BCUT2D eigenvalue weighted by molar-refractivity contribution is -0.875. The zero-order chi connectivity index (χ0) is 16.8. The van der Waals surface area contributed by atoms with Crippen LogP contribution in [0.5, 0.6) is 0 Å². The first-order valence-electron chi connectivity index (χ1n) is 7.66. The normalized spacial score (nSPS) is 16.6. The lowest BCUT2D eigenvalue weighted by Crippen LogP contribution is -2.56. The Hall–Kier alpha value is -0.940. The summed E-state index contributed by atoms with van der Waals surface area (Å²) >= 11 is 0. The van der Waals surface area contributed by atoms with Gasteiger partial charge in [-0.3, -0.25) is 9.59 Å². The Morgan fingerprint density at radius 3 is 2.00 bits per heavy atom. The van der Waals surface area contributed by atoms with E-state index in [2.05, 4.69) is 13.8 Å². The SMILES string of the molecule is CC(C)CCCC(C)C(=O)C(O)(CC(=O)O)C[N+](C)(C)C. The van der Waals surface area contributed by atoms with Crippen LogP contribution in [0, 0.1) is 11.8 Å². The van der Waals surface area contributed by atoms with Crippen molar-refractivity contribution in [3.63, 3.8) is 0 Å². The van der Waals surface area contributed by atoms with Crippen molar-refractivity contribution >= 4 is 11.8 Å². The van der Waals surface area contributed by atoms with Crippen molar-refractivity contribution in [2.24, 2.45) is 11.8 Å². The van der Waals surface area contributed by atoms with Crippen LogP contribution in [-0.2, 0) is 9.59 Å². The zero-order valence-electron chi connectivity index (χ0n) is 14.3. The second-order valence-corrected chi connectivity index (χ2v) is 7.64. The van der Waals surface area contributed by atoms with E-state index in [-0.39, 0.29) is 18.2 Å². The highest BCUT2D eigenvalue weighted by Gasteiger charge is 2.44. The fraction of sp³-hybridized carbons (Fsp3) is 0.875. The van der Waals surface area contributed by atoms with Gasteiger partial charge in [-0.15, -0.1) is 0 Å². The van der Waals surface area contributed by atoms with Gasteiger partial charge in [0.2, 0.25) is 0 Å². The molecule has 0 aliphatic heterocycles. The predicted molar refractivity (Wildman–Crippen MR) is 83.0 cm³/mol. The van der Waals surface area contributed by atoms with Gasteiger partial charge in [0.15, 0.2) is 11.4 Å². The Morgan fingerprint density at radius 1 is 1.10 bits per heavy atom. The van der Waals surface area contributed by atoms with Gasteiger partial charge >= 0.3 is 5.97 Å². The monoisotopic (exact) mass is 302 g/mol. The first-order valence-corrected chi connectivity index (χ1v) is 7.66. The summed E-state index contributed by atoms with van der Waals surface area (Å²) in [4.78, 5) is 23.5. The van der Waals surface area contributed by atoms with Crippen LogP contribution in [0.25, 0.3) is 0 Å². The van der Waals surface area contributed by atoms with Crippen LogP contribution in [0.4, 0.5) is 0 Å². The number of quaternary nitrogens is 1. The molecular formula is C16H32NO4+. The minimum absolute atomic E-state index is 0.104. The second-order valence-electron chi connectivity index (χ2n) is 7.64. The number of carboxylic acids is 1. The average Bonchev–Trinajstić information content (AvgIpc) is 2.23. The number of nitrogens with zero attached hydrogens (tertiary/aromatic N) is 1. The molecule has 0 rings (SSSR count). The topological polar surface area (TPSA) is 74.6 Å². The molecule has 0 fully saturated rings. The average molecular weight is 302 g/mol.